The number of piperidine rings is 1. The molecule has 1 aliphatic heterocycles. The van der Waals surface area contributed by atoms with Gasteiger partial charge in [0.05, 0.1) is 6.10 Å². The lowest BCUT2D eigenvalue weighted by Crippen LogP contribution is -2.52. The van der Waals surface area contributed by atoms with Crippen LogP contribution in [0, 0.1) is 0 Å². The summed E-state index contributed by atoms with van der Waals surface area (Å²) in [5.41, 5.74) is 0. The number of hydrogen-bond acceptors (Lipinski definition) is 4. The molecule has 0 aromatic heterocycles. The molecule has 1 saturated carbocycles. The minimum atomic E-state index is -0.143. The van der Waals surface area contributed by atoms with Gasteiger partial charge >= 0.3 is 0 Å². The van der Waals surface area contributed by atoms with Gasteiger partial charge in [-0.1, -0.05) is 26.2 Å². The molecular formula is C18H34N2O2S. The quantitative estimate of drug-likeness (QED) is 0.666. The third-order valence-electron chi connectivity index (χ3n) is 5.17. The van der Waals surface area contributed by atoms with Crippen LogP contribution in [0.2, 0.25) is 0 Å². The molecule has 0 aromatic carbocycles. The number of unbranched alkanes of at least 4 members (excludes halogenated alkanes) is 1. The third kappa shape index (κ3) is 6.63. The van der Waals surface area contributed by atoms with Gasteiger partial charge < -0.3 is 10.4 Å². The highest BCUT2D eigenvalue weighted by atomic mass is 32.2. The highest BCUT2D eigenvalue weighted by Gasteiger charge is 2.31. The van der Waals surface area contributed by atoms with E-state index in [0.717, 1.165) is 44.5 Å². The van der Waals surface area contributed by atoms with Crippen molar-refractivity contribution >= 4 is 17.7 Å². The summed E-state index contributed by atoms with van der Waals surface area (Å²) >= 11 is 1.89. The monoisotopic (exact) mass is 342 g/mol. The van der Waals surface area contributed by atoms with E-state index in [2.05, 4.69) is 17.1 Å². The van der Waals surface area contributed by atoms with Crippen molar-refractivity contribution in [1.29, 1.82) is 0 Å². The number of likely N-dealkylation sites (tertiary alicyclic amines) is 1. The van der Waals surface area contributed by atoms with Crippen LogP contribution < -0.4 is 5.32 Å². The van der Waals surface area contributed by atoms with Crippen molar-refractivity contribution in [2.75, 3.05) is 24.6 Å². The fourth-order valence-electron chi connectivity index (χ4n) is 3.71. The standard InChI is InChI=1S/C18H34N2O2S/c1-2-3-13-23-14-10-18(22)19-15-8-11-20(12-9-15)16-6-4-5-7-17(16)21/h15-17,21H,2-14H2,1H3,(H,19,22). The molecule has 4 nitrogen and oxygen atoms in total. The summed E-state index contributed by atoms with van der Waals surface area (Å²) < 4.78 is 0. The van der Waals surface area contributed by atoms with Crippen molar-refractivity contribution in [1.82, 2.24) is 10.2 Å². The molecule has 5 heteroatoms. The van der Waals surface area contributed by atoms with E-state index in [1.54, 1.807) is 0 Å². The molecule has 2 aliphatic rings. The van der Waals surface area contributed by atoms with Gasteiger partial charge in [0, 0.05) is 37.3 Å². The Morgan fingerprint density at radius 3 is 2.61 bits per heavy atom. The number of hydrogen-bond donors (Lipinski definition) is 2. The van der Waals surface area contributed by atoms with Crippen LogP contribution in [0.3, 0.4) is 0 Å². The van der Waals surface area contributed by atoms with Gasteiger partial charge in [0.1, 0.15) is 0 Å². The van der Waals surface area contributed by atoms with Crippen LogP contribution in [-0.2, 0) is 4.79 Å². The zero-order chi connectivity index (χ0) is 16.5. The predicted molar refractivity (Wildman–Crippen MR) is 97.9 cm³/mol. The van der Waals surface area contributed by atoms with Gasteiger partial charge in [-0.05, 0) is 37.9 Å². The second-order valence-electron chi connectivity index (χ2n) is 7.01. The van der Waals surface area contributed by atoms with Crippen molar-refractivity contribution in [3.05, 3.63) is 0 Å². The zero-order valence-electron chi connectivity index (χ0n) is 14.6. The molecule has 2 atom stereocenters. The Hall–Kier alpha value is -0.260. The van der Waals surface area contributed by atoms with Crippen molar-refractivity contribution in [3.8, 4) is 0 Å². The first-order valence-corrected chi connectivity index (χ1v) is 10.7. The summed E-state index contributed by atoms with van der Waals surface area (Å²) in [5.74, 6) is 2.33. The molecule has 134 valence electrons. The van der Waals surface area contributed by atoms with Gasteiger partial charge in [-0.2, -0.15) is 11.8 Å². The molecule has 0 aromatic rings. The number of carbonyl (C=O) groups is 1. The van der Waals surface area contributed by atoms with Gasteiger partial charge in [-0.3, -0.25) is 9.69 Å². The van der Waals surface area contributed by atoms with Crippen LogP contribution in [-0.4, -0.2) is 58.7 Å². The lowest BCUT2D eigenvalue weighted by atomic mass is 9.89. The van der Waals surface area contributed by atoms with Crippen LogP contribution in [0.4, 0.5) is 0 Å². The van der Waals surface area contributed by atoms with Gasteiger partial charge in [-0.15, -0.1) is 0 Å². The van der Waals surface area contributed by atoms with Crippen LogP contribution >= 0.6 is 11.8 Å². The van der Waals surface area contributed by atoms with Crippen molar-refractivity contribution in [3.63, 3.8) is 0 Å². The van der Waals surface area contributed by atoms with Gasteiger partial charge in [0.15, 0.2) is 0 Å². The van der Waals surface area contributed by atoms with Crippen LogP contribution in [0.5, 0.6) is 0 Å². The Morgan fingerprint density at radius 2 is 1.91 bits per heavy atom. The smallest absolute Gasteiger partial charge is 0.221 e. The van der Waals surface area contributed by atoms with E-state index >= 15 is 0 Å². The number of nitrogens with one attached hydrogen (secondary N) is 1. The summed E-state index contributed by atoms with van der Waals surface area (Å²) in [5, 5.41) is 13.4. The fraction of sp³-hybridized carbons (Fsp3) is 0.944. The van der Waals surface area contributed by atoms with E-state index in [-0.39, 0.29) is 12.0 Å². The summed E-state index contributed by atoms with van der Waals surface area (Å²) in [6.45, 7) is 4.22. The average molecular weight is 343 g/mol. The van der Waals surface area contributed by atoms with E-state index in [1.807, 2.05) is 11.8 Å². The Labute approximate surface area is 145 Å². The maximum Gasteiger partial charge on any atom is 0.221 e. The van der Waals surface area contributed by atoms with Crippen LogP contribution in [0.1, 0.15) is 64.7 Å². The maximum atomic E-state index is 12.0. The SMILES string of the molecule is CCCCSCCC(=O)NC1CCN(C2CCCCC2O)CC1. The van der Waals surface area contributed by atoms with Gasteiger partial charge in [0.2, 0.25) is 5.91 Å². The van der Waals surface area contributed by atoms with Crippen molar-refractivity contribution < 1.29 is 9.90 Å². The van der Waals surface area contributed by atoms with Crippen LogP contribution in [0.15, 0.2) is 0 Å². The van der Waals surface area contributed by atoms with E-state index in [9.17, 15) is 9.90 Å². The molecule has 0 spiro atoms. The summed E-state index contributed by atoms with van der Waals surface area (Å²) in [4.78, 5) is 14.5. The summed E-state index contributed by atoms with van der Waals surface area (Å²) in [7, 11) is 0. The molecular weight excluding hydrogens is 308 g/mol. The zero-order valence-corrected chi connectivity index (χ0v) is 15.5. The molecule has 1 aliphatic carbocycles. The average Bonchev–Trinajstić information content (AvgIpc) is 2.56. The molecule has 2 unspecified atom stereocenters. The van der Waals surface area contributed by atoms with Gasteiger partial charge in [0.25, 0.3) is 0 Å². The van der Waals surface area contributed by atoms with Crippen molar-refractivity contribution in [2.45, 2.75) is 82.9 Å². The Balaban J connectivity index is 1.59. The van der Waals surface area contributed by atoms with E-state index in [1.165, 1.54) is 31.4 Å². The normalized spacial score (nSPS) is 27.0. The Bertz CT molecular complexity index is 346. The molecule has 0 radical (unpaired) electrons. The van der Waals surface area contributed by atoms with Gasteiger partial charge in [-0.25, -0.2) is 0 Å². The Morgan fingerprint density at radius 1 is 1.17 bits per heavy atom. The number of aliphatic hydroxyl groups excluding tert-OH is 1. The molecule has 1 saturated heterocycles. The molecule has 1 heterocycles. The van der Waals surface area contributed by atoms with Crippen molar-refractivity contribution in [2.24, 2.45) is 0 Å². The largest absolute Gasteiger partial charge is 0.391 e. The maximum absolute atomic E-state index is 12.0. The lowest BCUT2D eigenvalue weighted by molar-refractivity contribution is -0.121. The first-order chi connectivity index (χ1) is 11.2. The number of rotatable bonds is 8. The van der Waals surface area contributed by atoms with E-state index in [4.69, 9.17) is 0 Å². The minimum absolute atomic E-state index is 0.143. The first kappa shape index (κ1) is 19.1. The molecule has 2 fully saturated rings. The molecule has 2 rings (SSSR count). The topological polar surface area (TPSA) is 52.6 Å². The molecule has 2 N–H and O–H groups in total. The molecule has 23 heavy (non-hydrogen) atoms. The highest BCUT2D eigenvalue weighted by molar-refractivity contribution is 7.99. The van der Waals surface area contributed by atoms with E-state index in [0.29, 0.717) is 18.5 Å². The number of nitrogens with zero attached hydrogens (tertiary/aromatic N) is 1. The second kappa shape index (κ2) is 10.6. The van der Waals surface area contributed by atoms with E-state index < -0.39 is 0 Å². The minimum Gasteiger partial charge on any atom is -0.391 e. The molecule has 1 amide bonds. The number of carbonyl (C=O) groups excluding carboxylic acids is 1. The number of amides is 1. The summed E-state index contributed by atoms with van der Waals surface area (Å²) in [6, 6.07) is 0.690. The number of aliphatic hydroxyl groups is 1. The highest BCUT2D eigenvalue weighted by Crippen LogP contribution is 2.25. The molecule has 0 bridgehead atoms. The fourth-order valence-corrected chi connectivity index (χ4v) is 4.73. The second-order valence-corrected chi connectivity index (χ2v) is 8.24. The third-order valence-corrected chi connectivity index (χ3v) is 6.24. The number of thioether (sulfide) groups is 1. The lowest BCUT2D eigenvalue weighted by Gasteiger charge is -2.41. The predicted octanol–water partition coefficient (Wildman–Crippen LogP) is 2.79. The van der Waals surface area contributed by atoms with Crippen LogP contribution in [0.25, 0.3) is 0 Å². The summed E-state index contributed by atoms with van der Waals surface area (Å²) in [6.07, 6.45) is 9.53. The Kier molecular flexibility index (Phi) is 8.77. The first-order valence-electron chi connectivity index (χ1n) is 9.50.